The Bertz CT molecular complexity index is 184. The first-order chi connectivity index (χ1) is 6.13. The minimum atomic E-state index is 0.0541. The predicted octanol–water partition coefficient (Wildman–Crippen LogP) is 0.243. The molecule has 3 N–H and O–H groups in total. The zero-order valence-electron chi connectivity index (χ0n) is 8.42. The maximum absolute atomic E-state index is 11.4. The van der Waals surface area contributed by atoms with Crippen molar-refractivity contribution in [3.8, 4) is 0 Å². The summed E-state index contributed by atoms with van der Waals surface area (Å²) < 4.78 is 0. The Labute approximate surface area is 79.5 Å². The highest BCUT2D eigenvalue weighted by Gasteiger charge is 2.22. The molecule has 1 saturated heterocycles. The van der Waals surface area contributed by atoms with E-state index in [0.29, 0.717) is 18.4 Å². The van der Waals surface area contributed by atoms with Crippen LogP contribution in [-0.2, 0) is 0 Å². The fourth-order valence-electron chi connectivity index (χ4n) is 1.51. The highest BCUT2D eigenvalue weighted by molar-refractivity contribution is 5.74. The first-order valence-corrected chi connectivity index (χ1v) is 4.86. The van der Waals surface area contributed by atoms with Gasteiger partial charge in [-0.25, -0.2) is 4.79 Å². The van der Waals surface area contributed by atoms with Gasteiger partial charge in [0.1, 0.15) is 0 Å². The summed E-state index contributed by atoms with van der Waals surface area (Å²) in [7, 11) is 0. The monoisotopic (exact) mass is 185 g/mol. The van der Waals surface area contributed by atoms with E-state index in [0.717, 1.165) is 19.6 Å². The molecule has 1 rings (SSSR count). The van der Waals surface area contributed by atoms with Crippen LogP contribution in [0.1, 0.15) is 13.8 Å². The van der Waals surface area contributed by atoms with E-state index in [2.05, 4.69) is 19.2 Å². The Morgan fingerprint density at radius 2 is 2.46 bits per heavy atom. The smallest absolute Gasteiger partial charge is 0.317 e. The highest BCUT2D eigenvalue weighted by atomic mass is 16.2. The van der Waals surface area contributed by atoms with Gasteiger partial charge in [-0.3, -0.25) is 0 Å². The normalized spacial score (nSPS) is 25.6. The number of hydrogen-bond acceptors (Lipinski definition) is 2. The van der Waals surface area contributed by atoms with Gasteiger partial charge in [-0.05, 0) is 18.4 Å². The van der Waals surface area contributed by atoms with Crippen LogP contribution < -0.4 is 11.1 Å². The van der Waals surface area contributed by atoms with Crippen molar-refractivity contribution >= 4 is 6.03 Å². The molecular formula is C9H19N3O. The van der Waals surface area contributed by atoms with Crippen LogP contribution in [0.15, 0.2) is 0 Å². The second-order valence-electron chi connectivity index (χ2n) is 4.04. The van der Waals surface area contributed by atoms with E-state index in [1.54, 1.807) is 0 Å². The van der Waals surface area contributed by atoms with Crippen LogP contribution in [0.25, 0.3) is 0 Å². The molecule has 0 spiro atoms. The van der Waals surface area contributed by atoms with Crippen molar-refractivity contribution in [2.75, 3.05) is 26.2 Å². The molecule has 1 aliphatic rings. The topological polar surface area (TPSA) is 58.4 Å². The number of nitrogens with one attached hydrogen (secondary N) is 1. The molecule has 4 heteroatoms. The summed E-state index contributed by atoms with van der Waals surface area (Å²) in [5.41, 5.74) is 5.51. The molecule has 2 amide bonds. The molecule has 1 aliphatic heterocycles. The Morgan fingerprint density at radius 3 is 3.08 bits per heavy atom. The molecule has 1 heterocycles. The first kappa shape index (κ1) is 10.3. The minimum Gasteiger partial charge on any atom is -0.338 e. The molecule has 76 valence electrons. The number of carbonyl (C=O) groups is 1. The van der Waals surface area contributed by atoms with Gasteiger partial charge in [0.15, 0.2) is 0 Å². The maximum Gasteiger partial charge on any atom is 0.317 e. The van der Waals surface area contributed by atoms with Crippen LogP contribution in [0, 0.1) is 11.8 Å². The fraction of sp³-hybridized carbons (Fsp3) is 0.889. The SMILES string of the molecule is CC(CN)CN1CC(C)CNC1=O. The van der Waals surface area contributed by atoms with Crippen molar-refractivity contribution in [2.24, 2.45) is 17.6 Å². The summed E-state index contributed by atoms with van der Waals surface area (Å²) in [6.45, 7) is 7.26. The lowest BCUT2D eigenvalue weighted by atomic mass is 10.1. The van der Waals surface area contributed by atoms with Crippen LogP contribution in [0.2, 0.25) is 0 Å². The minimum absolute atomic E-state index is 0.0541. The molecule has 0 bridgehead atoms. The second-order valence-corrected chi connectivity index (χ2v) is 4.04. The molecule has 0 aromatic rings. The van der Waals surface area contributed by atoms with Gasteiger partial charge in [0, 0.05) is 19.6 Å². The number of hydrogen-bond donors (Lipinski definition) is 2. The molecule has 4 nitrogen and oxygen atoms in total. The van der Waals surface area contributed by atoms with Crippen LogP contribution in [0.5, 0.6) is 0 Å². The van der Waals surface area contributed by atoms with E-state index in [1.165, 1.54) is 0 Å². The first-order valence-electron chi connectivity index (χ1n) is 4.86. The molecule has 0 radical (unpaired) electrons. The van der Waals surface area contributed by atoms with E-state index < -0.39 is 0 Å². The van der Waals surface area contributed by atoms with Gasteiger partial charge in [-0.2, -0.15) is 0 Å². The van der Waals surface area contributed by atoms with Crippen LogP contribution in [-0.4, -0.2) is 37.1 Å². The molecule has 2 atom stereocenters. The molecular weight excluding hydrogens is 166 g/mol. The average molecular weight is 185 g/mol. The number of nitrogens with zero attached hydrogens (tertiary/aromatic N) is 1. The predicted molar refractivity (Wildman–Crippen MR) is 52.4 cm³/mol. The molecule has 0 aliphatic carbocycles. The van der Waals surface area contributed by atoms with Gasteiger partial charge < -0.3 is 16.0 Å². The van der Waals surface area contributed by atoms with Crippen molar-refractivity contribution in [1.82, 2.24) is 10.2 Å². The largest absolute Gasteiger partial charge is 0.338 e. The van der Waals surface area contributed by atoms with Crippen molar-refractivity contribution in [1.29, 1.82) is 0 Å². The van der Waals surface area contributed by atoms with Crippen LogP contribution in [0.4, 0.5) is 4.79 Å². The van der Waals surface area contributed by atoms with E-state index in [-0.39, 0.29) is 6.03 Å². The zero-order chi connectivity index (χ0) is 9.84. The lowest BCUT2D eigenvalue weighted by Gasteiger charge is -2.33. The van der Waals surface area contributed by atoms with E-state index in [4.69, 9.17) is 5.73 Å². The number of rotatable bonds is 3. The van der Waals surface area contributed by atoms with E-state index in [1.807, 2.05) is 4.90 Å². The molecule has 1 fully saturated rings. The Hall–Kier alpha value is -0.770. The van der Waals surface area contributed by atoms with Gasteiger partial charge in [-0.15, -0.1) is 0 Å². The Kier molecular flexibility index (Phi) is 3.54. The van der Waals surface area contributed by atoms with Gasteiger partial charge in [0.2, 0.25) is 0 Å². The maximum atomic E-state index is 11.4. The number of carbonyl (C=O) groups excluding carboxylic acids is 1. The average Bonchev–Trinajstić information content (AvgIpc) is 2.11. The van der Waals surface area contributed by atoms with E-state index in [9.17, 15) is 4.79 Å². The summed E-state index contributed by atoms with van der Waals surface area (Å²) in [5.74, 6) is 0.929. The number of urea groups is 1. The molecule has 2 unspecified atom stereocenters. The molecule has 0 aromatic carbocycles. The summed E-state index contributed by atoms with van der Waals surface area (Å²) in [6.07, 6.45) is 0. The Morgan fingerprint density at radius 1 is 1.77 bits per heavy atom. The van der Waals surface area contributed by atoms with Gasteiger partial charge >= 0.3 is 6.03 Å². The van der Waals surface area contributed by atoms with E-state index >= 15 is 0 Å². The third-order valence-electron chi connectivity index (χ3n) is 2.36. The summed E-state index contributed by atoms with van der Waals surface area (Å²) in [5, 5.41) is 2.86. The Balaban J connectivity index is 2.42. The third kappa shape index (κ3) is 2.88. The lowest BCUT2D eigenvalue weighted by molar-refractivity contribution is 0.162. The molecule has 0 saturated carbocycles. The lowest BCUT2D eigenvalue weighted by Crippen LogP contribution is -2.51. The van der Waals surface area contributed by atoms with Crippen LogP contribution in [0.3, 0.4) is 0 Å². The molecule has 0 aromatic heterocycles. The van der Waals surface area contributed by atoms with Crippen molar-refractivity contribution in [3.63, 3.8) is 0 Å². The summed E-state index contributed by atoms with van der Waals surface area (Å²) in [6, 6.07) is 0.0541. The fourth-order valence-corrected chi connectivity index (χ4v) is 1.51. The number of nitrogens with two attached hydrogens (primary N) is 1. The molecule has 13 heavy (non-hydrogen) atoms. The summed E-state index contributed by atoms with van der Waals surface area (Å²) >= 11 is 0. The van der Waals surface area contributed by atoms with Crippen LogP contribution >= 0.6 is 0 Å². The quantitative estimate of drug-likeness (QED) is 0.662. The standard InChI is InChI=1S/C9H19N3O/c1-7(3-10)5-12-6-8(2)4-11-9(12)13/h7-8H,3-6,10H2,1-2H3,(H,11,13). The van der Waals surface area contributed by atoms with Crippen molar-refractivity contribution in [3.05, 3.63) is 0 Å². The zero-order valence-corrected chi connectivity index (χ0v) is 8.42. The van der Waals surface area contributed by atoms with Crippen molar-refractivity contribution in [2.45, 2.75) is 13.8 Å². The summed E-state index contributed by atoms with van der Waals surface area (Å²) in [4.78, 5) is 13.2. The third-order valence-corrected chi connectivity index (χ3v) is 2.36. The second kappa shape index (κ2) is 4.46. The number of amides is 2. The van der Waals surface area contributed by atoms with Gasteiger partial charge in [-0.1, -0.05) is 13.8 Å². The highest BCUT2D eigenvalue weighted by Crippen LogP contribution is 2.08. The van der Waals surface area contributed by atoms with Gasteiger partial charge in [0.05, 0.1) is 0 Å². The van der Waals surface area contributed by atoms with Gasteiger partial charge in [0.25, 0.3) is 0 Å². The van der Waals surface area contributed by atoms with Crippen molar-refractivity contribution < 1.29 is 4.79 Å².